The molecule has 0 saturated carbocycles. The third-order valence-corrected chi connectivity index (χ3v) is 7.32. The highest BCUT2D eigenvalue weighted by atomic mass is 16.3. The van der Waals surface area contributed by atoms with Crippen LogP contribution in [0.15, 0.2) is 97.1 Å². The zero-order valence-corrected chi connectivity index (χ0v) is 20.3. The zero-order valence-electron chi connectivity index (χ0n) is 20.3. The summed E-state index contributed by atoms with van der Waals surface area (Å²) in [6.45, 7) is 4.76. The van der Waals surface area contributed by atoms with Crippen LogP contribution in [-0.4, -0.2) is 35.1 Å². The minimum Gasteiger partial charge on any atom is -0.437 e. The first-order valence-corrected chi connectivity index (χ1v) is 12.5. The predicted octanol–water partition coefficient (Wildman–Crippen LogP) is 5.44. The number of nitrogens with zero attached hydrogens (tertiary/aromatic N) is 2. The number of piperidine rings is 1. The van der Waals surface area contributed by atoms with Crippen LogP contribution in [0.5, 0.6) is 0 Å². The van der Waals surface area contributed by atoms with E-state index in [-0.39, 0.29) is 0 Å². The molecule has 0 amide bonds. The highest BCUT2D eigenvalue weighted by molar-refractivity contribution is 6.45. The van der Waals surface area contributed by atoms with E-state index < -0.39 is 12.7 Å². The fourth-order valence-corrected chi connectivity index (χ4v) is 5.25. The number of hydrogen-bond acceptors (Lipinski definition) is 4. The molecule has 0 spiro atoms. The molecule has 35 heavy (non-hydrogen) atoms. The van der Waals surface area contributed by atoms with Crippen molar-refractivity contribution in [1.82, 2.24) is 4.81 Å². The van der Waals surface area contributed by atoms with Crippen molar-refractivity contribution in [2.45, 2.75) is 38.4 Å². The van der Waals surface area contributed by atoms with E-state index in [0.717, 1.165) is 35.1 Å². The number of aliphatic hydroxyl groups is 1. The number of hydrogen-bond donors (Lipinski definition) is 2. The van der Waals surface area contributed by atoms with E-state index in [0.29, 0.717) is 25.9 Å². The SMILES string of the molecule is CB(O)N1CCC(O)(c2cccc3ccc(N(Cc4ccccc4)Cc4ccccc4)cc23)CC1. The number of rotatable bonds is 7. The second kappa shape index (κ2) is 10.2. The van der Waals surface area contributed by atoms with Crippen molar-refractivity contribution in [3.8, 4) is 0 Å². The molecule has 5 rings (SSSR count). The van der Waals surface area contributed by atoms with Crippen LogP contribution < -0.4 is 4.90 Å². The summed E-state index contributed by atoms with van der Waals surface area (Å²) in [6.07, 6.45) is 1.22. The Kier molecular flexibility index (Phi) is 6.91. The second-order valence-electron chi connectivity index (χ2n) is 9.74. The Morgan fingerprint density at radius 3 is 1.97 bits per heavy atom. The molecular weight excluding hydrogens is 431 g/mol. The van der Waals surface area contributed by atoms with Crippen LogP contribution in [0.2, 0.25) is 6.82 Å². The first-order valence-electron chi connectivity index (χ1n) is 12.5. The van der Waals surface area contributed by atoms with Crippen molar-refractivity contribution < 1.29 is 10.1 Å². The van der Waals surface area contributed by atoms with E-state index in [4.69, 9.17) is 0 Å². The fourth-order valence-electron chi connectivity index (χ4n) is 5.25. The van der Waals surface area contributed by atoms with Gasteiger partial charge in [-0.25, -0.2) is 0 Å². The molecule has 0 radical (unpaired) electrons. The van der Waals surface area contributed by atoms with Crippen molar-refractivity contribution in [2.75, 3.05) is 18.0 Å². The molecule has 1 saturated heterocycles. The van der Waals surface area contributed by atoms with Gasteiger partial charge in [-0.15, -0.1) is 0 Å². The van der Waals surface area contributed by atoms with Crippen LogP contribution in [0.4, 0.5) is 5.69 Å². The van der Waals surface area contributed by atoms with Crippen molar-refractivity contribution in [3.05, 3.63) is 114 Å². The molecule has 4 aromatic rings. The molecule has 4 aromatic carbocycles. The van der Waals surface area contributed by atoms with E-state index in [1.54, 1.807) is 6.82 Å². The monoisotopic (exact) mass is 464 g/mol. The van der Waals surface area contributed by atoms with Gasteiger partial charge in [-0.1, -0.05) is 84.9 Å². The Balaban J connectivity index is 1.52. The lowest BCUT2D eigenvalue weighted by Crippen LogP contribution is -2.48. The lowest BCUT2D eigenvalue weighted by Gasteiger charge is -2.39. The molecule has 1 aliphatic rings. The maximum Gasteiger partial charge on any atom is 0.376 e. The molecule has 178 valence electrons. The van der Waals surface area contributed by atoms with Crippen LogP contribution in [0.3, 0.4) is 0 Å². The van der Waals surface area contributed by atoms with Crippen LogP contribution >= 0.6 is 0 Å². The molecule has 0 atom stereocenters. The number of fused-ring (bicyclic) bond motifs is 1. The number of anilines is 1. The van der Waals surface area contributed by atoms with Crippen LogP contribution in [0, 0.1) is 0 Å². The first-order chi connectivity index (χ1) is 17.0. The lowest BCUT2D eigenvalue weighted by atomic mass is 9.76. The summed E-state index contributed by atoms with van der Waals surface area (Å²) >= 11 is 0. The second-order valence-corrected chi connectivity index (χ2v) is 9.74. The fraction of sp³-hybridized carbons (Fsp3) is 0.267. The Hall–Kier alpha value is -3.12. The molecule has 0 bridgehead atoms. The summed E-state index contributed by atoms with van der Waals surface area (Å²) in [7, 11) is -0.483. The third kappa shape index (κ3) is 5.28. The highest BCUT2D eigenvalue weighted by Crippen LogP contribution is 2.38. The molecule has 0 aromatic heterocycles. The average Bonchev–Trinajstić information content (AvgIpc) is 2.89. The van der Waals surface area contributed by atoms with Gasteiger partial charge in [-0.2, -0.15) is 0 Å². The Bertz CT molecular complexity index is 1210. The molecule has 0 aliphatic carbocycles. The van der Waals surface area contributed by atoms with Gasteiger partial charge in [0.1, 0.15) is 0 Å². The first kappa shape index (κ1) is 23.6. The van der Waals surface area contributed by atoms with Crippen molar-refractivity contribution in [2.24, 2.45) is 0 Å². The zero-order chi connectivity index (χ0) is 24.3. The minimum atomic E-state index is -0.896. The van der Waals surface area contributed by atoms with Gasteiger partial charge < -0.3 is 19.8 Å². The molecule has 5 heteroatoms. The van der Waals surface area contributed by atoms with Crippen molar-refractivity contribution in [1.29, 1.82) is 0 Å². The highest BCUT2D eigenvalue weighted by Gasteiger charge is 2.36. The van der Waals surface area contributed by atoms with Gasteiger partial charge >= 0.3 is 7.05 Å². The average molecular weight is 464 g/mol. The molecule has 0 unspecified atom stereocenters. The van der Waals surface area contributed by atoms with Crippen LogP contribution in [0.1, 0.15) is 29.5 Å². The van der Waals surface area contributed by atoms with Gasteiger partial charge in [0, 0.05) is 18.8 Å². The largest absolute Gasteiger partial charge is 0.437 e. The molecule has 2 N–H and O–H groups in total. The standard InChI is InChI=1S/C30H33BN2O2/c1-31(35)33-19-17-30(34,18-20-33)29-14-8-13-26-15-16-27(21-28(26)29)32(22-24-9-4-2-5-10-24)23-25-11-6-3-7-12-25/h2-16,21,34-35H,17-20,22-23H2,1H3. The van der Waals surface area contributed by atoms with E-state index in [1.807, 2.05) is 10.9 Å². The van der Waals surface area contributed by atoms with E-state index in [9.17, 15) is 10.1 Å². The van der Waals surface area contributed by atoms with Gasteiger partial charge in [0.25, 0.3) is 0 Å². The summed E-state index contributed by atoms with van der Waals surface area (Å²) in [5.41, 5.74) is 3.76. The lowest BCUT2D eigenvalue weighted by molar-refractivity contribution is -0.0114. The van der Waals surface area contributed by atoms with Gasteiger partial charge in [0.05, 0.1) is 5.60 Å². The summed E-state index contributed by atoms with van der Waals surface area (Å²) in [5, 5.41) is 23.9. The van der Waals surface area contributed by atoms with Gasteiger partial charge in [-0.3, -0.25) is 0 Å². The number of benzene rings is 4. The van der Waals surface area contributed by atoms with Crippen LogP contribution in [-0.2, 0) is 18.7 Å². The van der Waals surface area contributed by atoms with E-state index in [2.05, 4.69) is 95.9 Å². The molecule has 1 aliphatic heterocycles. The minimum absolute atomic E-state index is 0.483. The summed E-state index contributed by atoms with van der Waals surface area (Å²) in [6, 6.07) is 34.0. The molecule has 1 fully saturated rings. The molecule has 1 heterocycles. The van der Waals surface area contributed by atoms with Gasteiger partial charge in [0.2, 0.25) is 0 Å². The molecule has 4 nitrogen and oxygen atoms in total. The van der Waals surface area contributed by atoms with Crippen molar-refractivity contribution in [3.63, 3.8) is 0 Å². The predicted molar refractivity (Wildman–Crippen MR) is 145 cm³/mol. The van der Waals surface area contributed by atoms with E-state index >= 15 is 0 Å². The van der Waals surface area contributed by atoms with Gasteiger partial charge in [0.15, 0.2) is 0 Å². The normalized spacial score (nSPS) is 15.7. The Morgan fingerprint density at radius 2 is 1.40 bits per heavy atom. The summed E-state index contributed by atoms with van der Waals surface area (Å²) in [4.78, 5) is 4.42. The topological polar surface area (TPSA) is 46.9 Å². The quantitative estimate of drug-likeness (QED) is 0.358. The Morgan fingerprint density at radius 1 is 0.800 bits per heavy atom. The third-order valence-electron chi connectivity index (χ3n) is 7.32. The maximum absolute atomic E-state index is 11.7. The maximum atomic E-state index is 11.7. The van der Waals surface area contributed by atoms with Gasteiger partial charge in [-0.05, 0) is 72.3 Å². The van der Waals surface area contributed by atoms with Crippen molar-refractivity contribution >= 4 is 23.5 Å². The molecular formula is C30H33BN2O2. The smallest absolute Gasteiger partial charge is 0.376 e. The summed E-state index contributed by atoms with van der Waals surface area (Å²) in [5.74, 6) is 0. The Labute approximate surface area is 208 Å². The van der Waals surface area contributed by atoms with E-state index in [1.165, 1.54) is 11.1 Å². The van der Waals surface area contributed by atoms with Crippen LogP contribution in [0.25, 0.3) is 10.8 Å². The summed E-state index contributed by atoms with van der Waals surface area (Å²) < 4.78 is 0.